The summed E-state index contributed by atoms with van der Waals surface area (Å²) < 4.78 is 60.4. The van der Waals surface area contributed by atoms with Crippen LogP contribution in [0.25, 0.3) is 83.6 Å². The number of benzene rings is 6. The smallest absolute Gasteiger partial charge is 0.164 e. The molecule has 9 rings (SSSR count). The molecule has 206 valence electrons. The topological polar surface area (TPSA) is 56.7 Å². The van der Waals surface area contributed by atoms with Crippen LogP contribution in [0.5, 0.6) is 0 Å². The molecule has 0 spiro atoms. The molecule has 0 saturated heterocycles. The summed E-state index contributed by atoms with van der Waals surface area (Å²) in [6, 6.07) is 32.6. The molecule has 0 unspecified atom stereocenters. The molecule has 0 N–H and O–H groups in total. The van der Waals surface area contributed by atoms with Gasteiger partial charge in [-0.2, -0.15) is 0 Å². The Bertz CT molecular complexity index is 2700. The molecule has 0 saturated carbocycles. The molecule has 5 nitrogen and oxygen atoms in total. The van der Waals surface area contributed by atoms with Gasteiger partial charge in [-0.15, -0.1) is 0 Å². The summed E-state index contributed by atoms with van der Waals surface area (Å²) in [7, 11) is 0. The number of nitrogens with zero attached hydrogens (tertiary/aromatic N) is 4. The van der Waals surface area contributed by atoms with Crippen LogP contribution in [0.4, 0.5) is 0 Å². The Morgan fingerprint density at radius 3 is 1.75 bits per heavy atom. The summed E-state index contributed by atoms with van der Waals surface area (Å²) in [6.07, 6.45) is 0. The lowest BCUT2D eigenvalue weighted by Crippen LogP contribution is -2.00. The maximum atomic E-state index is 8.92. The number of rotatable bonds is 4. The molecular formula is C39H24N4O. The third kappa shape index (κ3) is 3.76. The maximum Gasteiger partial charge on any atom is 0.164 e. The van der Waals surface area contributed by atoms with Crippen LogP contribution in [0.2, 0.25) is 0 Å². The van der Waals surface area contributed by atoms with Gasteiger partial charge in [-0.25, -0.2) is 15.0 Å². The molecule has 0 atom stereocenters. The number of aromatic nitrogens is 4. The van der Waals surface area contributed by atoms with Crippen LogP contribution in [-0.2, 0) is 0 Å². The lowest BCUT2D eigenvalue weighted by atomic mass is 10.0. The minimum atomic E-state index is -0.171. The van der Waals surface area contributed by atoms with Gasteiger partial charge in [-0.05, 0) is 24.2 Å². The van der Waals surface area contributed by atoms with Crippen molar-refractivity contribution in [3.63, 3.8) is 0 Å². The normalized spacial score (nSPS) is 13.5. The molecule has 6 aromatic carbocycles. The van der Waals surface area contributed by atoms with Gasteiger partial charge < -0.3 is 8.98 Å². The lowest BCUT2D eigenvalue weighted by molar-refractivity contribution is 0.666. The number of para-hydroxylation sites is 3. The van der Waals surface area contributed by atoms with E-state index in [0.717, 1.165) is 27.5 Å². The van der Waals surface area contributed by atoms with Crippen LogP contribution < -0.4 is 0 Å². The highest BCUT2D eigenvalue weighted by Crippen LogP contribution is 2.41. The Kier molecular flexibility index (Phi) is 4.25. The van der Waals surface area contributed by atoms with Crippen LogP contribution >= 0.6 is 0 Å². The lowest BCUT2D eigenvalue weighted by Gasteiger charge is -2.09. The van der Waals surface area contributed by atoms with Crippen molar-refractivity contribution in [3.8, 4) is 39.9 Å². The van der Waals surface area contributed by atoms with Gasteiger partial charge in [0.2, 0.25) is 0 Å². The van der Waals surface area contributed by atoms with Gasteiger partial charge >= 0.3 is 0 Å². The van der Waals surface area contributed by atoms with Crippen molar-refractivity contribution in [2.24, 2.45) is 0 Å². The average molecular weight is 571 g/mol. The number of furan rings is 1. The zero-order chi connectivity index (χ0) is 34.3. The fourth-order valence-corrected chi connectivity index (χ4v) is 5.88. The van der Waals surface area contributed by atoms with Crippen molar-refractivity contribution >= 4 is 43.7 Å². The fourth-order valence-electron chi connectivity index (χ4n) is 5.88. The first-order valence-corrected chi connectivity index (χ1v) is 14.1. The second-order valence-corrected chi connectivity index (χ2v) is 10.4. The van der Waals surface area contributed by atoms with E-state index in [1.54, 1.807) is 4.57 Å². The fraction of sp³-hybridized carbons (Fsp3) is 0. The number of fused-ring (bicyclic) bond motifs is 6. The first kappa shape index (κ1) is 19.2. The molecule has 0 aliphatic heterocycles. The minimum absolute atomic E-state index is 0.0385. The molecule has 3 heterocycles. The van der Waals surface area contributed by atoms with E-state index in [2.05, 4.69) is 0 Å². The number of hydrogen-bond acceptors (Lipinski definition) is 4. The summed E-state index contributed by atoms with van der Waals surface area (Å²) in [6.45, 7) is 0. The minimum Gasteiger partial charge on any atom is -0.454 e. The summed E-state index contributed by atoms with van der Waals surface area (Å²) in [4.78, 5) is 14.7. The quantitative estimate of drug-likeness (QED) is 0.211. The Balaban J connectivity index is 1.36. The molecule has 0 aliphatic rings. The van der Waals surface area contributed by atoms with Crippen LogP contribution in [0, 0.1) is 0 Å². The van der Waals surface area contributed by atoms with Crippen LogP contribution in [0.15, 0.2) is 150 Å². The third-order valence-electron chi connectivity index (χ3n) is 7.81. The Morgan fingerprint density at radius 1 is 0.523 bits per heavy atom. The van der Waals surface area contributed by atoms with E-state index < -0.39 is 0 Å². The van der Waals surface area contributed by atoms with Crippen LogP contribution in [0.3, 0.4) is 0 Å². The van der Waals surface area contributed by atoms with Crippen LogP contribution in [-0.4, -0.2) is 19.5 Å². The molecule has 0 amide bonds. The second kappa shape index (κ2) is 9.75. The predicted molar refractivity (Wildman–Crippen MR) is 178 cm³/mol. The second-order valence-electron chi connectivity index (χ2n) is 10.4. The van der Waals surface area contributed by atoms with Gasteiger partial charge in [0.25, 0.3) is 0 Å². The molecule has 5 heteroatoms. The molecule has 0 radical (unpaired) electrons. The van der Waals surface area contributed by atoms with Crippen molar-refractivity contribution < 1.29 is 12.6 Å². The van der Waals surface area contributed by atoms with E-state index in [0.29, 0.717) is 34.3 Å². The Hall–Kier alpha value is -6.07. The highest BCUT2D eigenvalue weighted by molar-refractivity contribution is 6.15. The summed E-state index contributed by atoms with van der Waals surface area (Å²) in [5.74, 6) is 1.51. The standard InChI is InChI=1S/C39H24N4O/c1-3-13-25(14-4-1)37-40-38(26-15-5-2-6-16-26)42-39(41-37)30-20-12-24-34-35(30)29-19-11-23-33(36(29)44-34)43-31-21-9-7-17-27(31)28-18-8-10-22-32(28)43/h1-24H/i7D,8D,17D,18D,21D,22D. The predicted octanol–water partition coefficient (Wildman–Crippen LogP) is 9.87. The molecule has 0 aliphatic carbocycles. The van der Waals surface area contributed by atoms with Gasteiger partial charge in [0, 0.05) is 38.2 Å². The van der Waals surface area contributed by atoms with Crippen molar-refractivity contribution in [3.05, 3.63) is 145 Å². The van der Waals surface area contributed by atoms with E-state index in [1.807, 2.05) is 97.1 Å². The third-order valence-corrected chi connectivity index (χ3v) is 7.81. The van der Waals surface area contributed by atoms with E-state index in [4.69, 9.17) is 27.6 Å². The zero-order valence-electron chi connectivity index (χ0n) is 29.1. The molecule has 0 bridgehead atoms. The maximum absolute atomic E-state index is 8.92. The molecule has 0 fully saturated rings. The van der Waals surface area contributed by atoms with Gasteiger partial charge in [-0.1, -0.05) is 121 Å². The monoisotopic (exact) mass is 570 g/mol. The van der Waals surface area contributed by atoms with Gasteiger partial charge in [-0.3, -0.25) is 0 Å². The first-order chi connectivity index (χ1) is 24.3. The van der Waals surface area contributed by atoms with Gasteiger partial charge in [0.1, 0.15) is 5.58 Å². The van der Waals surface area contributed by atoms with Gasteiger partial charge in [0.05, 0.1) is 24.9 Å². The van der Waals surface area contributed by atoms with E-state index in [-0.39, 0.29) is 58.1 Å². The molecule has 44 heavy (non-hydrogen) atoms. The molecule has 3 aromatic heterocycles. The van der Waals surface area contributed by atoms with E-state index >= 15 is 0 Å². The van der Waals surface area contributed by atoms with Crippen molar-refractivity contribution in [2.45, 2.75) is 0 Å². The van der Waals surface area contributed by atoms with Crippen molar-refractivity contribution in [2.75, 3.05) is 0 Å². The largest absolute Gasteiger partial charge is 0.454 e. The van der Waals surface area contributed by atoms with E-state index in [9.17, 15) is 0 Å². The summed E-state index contributed by atoms with van der Waals surface area (Å²) in [5, 5.41) is 1.86. The highest BCUT2D eigenvalue weighted by Gasteiger charge is 2.21. The van der Waals surface area contributed by atoms with E-state index in [1.165, 1.54) is 12.1 Å². The first-order valence-electron chi connectivity index (χ1n) is 17.1. The van der Waals surface area contributed by atoms with Gasteiger partial charge in [0.15, 0.2) is 23.1 Å². The molecular weight excluding hydrogens is 540 g/mol. The van der Waals surface area contributed by atoms with Crippen molar-refractivity contribution in [1.82, 2.24) is 19.5 Å². The molecule has 9 aromatic rings. The summed E-state index contributed by atoms with van der Waals surface area (Å²) in [5.41, 5.74) is 4.45. The zero-order valence-corrected chi connectivity index (χ0v) is 23.1. The average Bonchev–Trinajstić information content (AvgIpc) is 3.71. The Labute approximate surface area is 261 Å². The number of hydrogen-bond donors (Lipinski definition) is 0. The highest BCUT2D eigenvalue weighted by atomic mass is 16.3. The van der Waals surface area contributed by atoms with Crippen molar-refractivity contribution in [1.29, 1.82) is 0 Å². The van der Waals surface area contributed by atoms with Crippen LogP contribution in [0.1, 0.15) is 8.22 Å². The summed E-state index contributed by atoms with van der Waals surface area (Å²) >= 11 is 0. The Morgan fingerprint density at radius 2 is 1.11 bits per heavy atom. The SMILES string of the molecule is [2H]c1cc([2H])c2c(c1[2H])c1c([2H])c([2H])cc([2H])c1n2-c1cccc2c1oc1cccc(-c3nc(-c4ccccc4)nc(-c4ccccc4)n3)c12.